The maximum atomic E-state index is 12.8. The van der Waals surface area contributed by atoms with Crippen molar-refractivity contribution in [2.75, 3.05) is 0 Å². The first kappa shape index (κ1) is 16.2. The van der Waals surface area contributed by atoms with Crippen molar-refractivity contribution in [3.63, 3.8) is 0 Å². The highest BCUT2D eigenvalue weighted by molar-refractivity contribution is 7.91. The van der Waals surface area contributed by atoms with Gasteiger partial charge in [-0.2, -0.15) is 4.31 Å². The number of rotatable bonds is 6. The van der Waals surface area contributed by atoms with E-state index in [0.717, 1.165) is 16.9 Å². The summed E-state index contributed by atoms with van der Waals surface area (Å²) >= 11 is 1.15. The van der Waals surface area contributed by atoms with Crippen LogP contribution in [0.1, 0.15) is 25.0 Å². The minimum atomic E-state index is -3.55. The predicted molar refractivity (Wildman–Crippen MR) is 84.5 cm³/mol. The summed E-state index contributed by atoms with van der Waals surface area (Å²) in [7, 11) is -3.55. The predicted octanol–water partition coefficient (Wildman–Crippen LogP) is 2.84. The van der Waals surface area contributed by atoms with Gasteiger partial charge < -0.3 is 5.11 Å². The van der Waals surface area contributed by atoms with E-state index in [-0.39, 0.29) is 16.9 Å². The first-order chi connectivity index (χ1) is 9.95. The summed E-state index contributed by atoms with van der Waals surface area (Å²) in [5.74, 6) is 0. The maximum Gasteiger partial charge on any atom is 0.253 e. The van der Waals surface area contributed by atoms with E-state index in [4.69, 9.17) is 5.11 Å². The van der Waals surface area contributed by atoms with Gasteiger partial charge in [-0.3, -0.25) is 0 Å². The van der Waals surface area contributed by atoms with Crippen molar-refractivity contribution in [2.24, 2.45) is 0 Å². The second-order valence-electron chi connectivity index (χ2n) is 5.06. The molecule has 21 heavy (non-hydrogen) atoms. The molecule has 0 saturated heterocycles. The molecule has 0 atom stereocenters. The fourth-order valence-electron chi connectivity index (χ4n) is 2.00. The molecule has 0 fully saturated rings. The summed E-state index contributed by atoms with van der Waals surface area (Å²) in [6.45, 7) is 3.92. The van der Waals surface area contributed by atoms with Crippen LogP contribution in [0.25, 0.3) is 0 Å². The molecule has 0 spiro atoms. The standard InChI is InChI=1S/C15H19NO3S2/c1-12(2)16(9-13-6-4-3-5-7-13)21(18,19)15-8-14(10-17)11-20-15/h3-8,11-12,17H,9-10H2,1-2H3. The smallest absolute Gasteiger partial charge is 0.253 e. The molecular weight excluding hydrogens is 306 g/mol. The molecule has 4 nitrogen and oxygen atoms in total. The number of aliphatic hydroxyl groups excluding tert-OH is 1. The molecule has 6 heteroatoms. The van der Waals surface area contributed by atoms with Crippen molar-refractivity contribution >= 4 is 21.4 Å². The third kappa shape index (κ3) is 3.71. The van der Waals surface area contributed by atoms with E-state index in [1.54, 1.807) is 11.4 Å². The van der Waals surface area contributed by atoms with Crippen LogP contribution < -0.4 is 0 Å². The first-order valence-corrected chi connectivity index (χ1v) is 9.01. The Labute approximate surface area is 129 Å². The molecule has 1 N–H and O–H groups in total. The number of sulfonamides is 1. The van der Waals surface area contributed by atoms with Gasteiger partial charge in [-0.25, -0.2) is 8.42 Å². The third-order valence-corrected chi connectivity index (χ3v) is 6.62. The lowest BCUT2D eigenvalue weighted by Crippen LogP contribution is -2.36. The second-order valence-corrected chi connectivity index (χ2v) is 8.09. The van der Waals surface area contributed by atoms with Crippen LogP contribution >= 0.6 is 11.3 Å². The molecule has 2 aromatic rings. The lowest BCUT2D eigenvalue weighted by atomic mass is 10.2. The summed E-state index contributed by atoms with van der Waals surface area (Å²) in [6.07, 6.45) is 0. The molecule has 0 aliphatic heterocycles. The number of hydrogen-bond acceptors (Lipinski definition) is 4. The Kier molecular flexibility index (Phi) is 5.16. The van der Waals surface area contributed by atoms with Gasteiger partial charge in [0.1, 0.15) is 4.21 Å². The van der Waals surface area contributed by atoms with Crippen molar-refractivity contribution in [1.29, 1.82) is 0 Å². The van der Waals surface area contributed by atoms with Crippen LogP contribution in [-0.2, 0) is 23.2 Å². The van der Waals surface area contributed by atoms with E-state index in [2.05, 4.69) is 0 Å². The van der Waals surface area contributed by atoms with Crippen molar-refractivity contribution in [2.45, 2.75) is 37.3 Å². The van der Waals surface area contributed by atoms with Crippen LogP contribution in [-0.4, -0.2) is 23.9 Å². The van der Waals surface area contributed by atoms with Crippen molar-refractivity contribution in [1.82, 2.24) is 4.31 Å². The normalized spacial score (nSPS) is 12.2. The average Bonchev–Trinajstić information content (AvgIpc) is 2.95. The number of thiophene rings is 1. The van der Waals surface area contributed by atoms with E-state index in [1.807, 2.05) is 44.2 Å². The van der Waals surface area contributed by atoms with E-state index >= 15 is 0 Å². The quantitative estimate of drug-likeness (QED) is 0.888. The zero-order chi connectivity index (χ0) is 15.5. The summed E-state index contributed by atoms with van der Waals surface area (Å²) in [4.78, 5) is 0. The van der Waals surface area contributed by atoms with Gasteiger partial charge >= 0.3 is 0 Å². The average molecular weight is 325 g/mol. The molecule has 0 aliphatic carbocycles. The Morgan fingerprint density at radius 2 is 1.86 bits per heavy atom. The van der Waals surface area contributed by atoms with E-state index in [9.17, 15) is 8.42 Å². The summed E-state index contributed by atoms with van der Waals surface area (Å²) < 4.78 is 27.3. The van der Waals surface area contributed by atoms with Gasteiger partial charge in [0.05, 0.1) is 6.61 Å². The maximum absolute atomic E-state index is 12.8. The Bertz CT molecular complexity index is 678. The Morgan fingerprint density at radius 1 is 1.19 bits per heavy atom. The van der Waals surface area contributed by atoms with Gasteiger partial charge in [0.2, 0.25) is 0 Å². The molecule has 1 heterocycles. The number of nitrogens with zero attached hydrogens (tertiary/aromatic N) is 1. The monoisotopic (exact) mass is 325 g/mol. The largest absolute Gasteiger partial charge is 0.392 e. The molecule has 1 aromatic heterocycles. The number of aliphatic hydroxyl groups is 1. The summed E-state index contributed by atoms with van der Waals surface area (Å²) in [6, 6.07) is 10.9. The first-order valence-electron chi connectivity index (χ1n) is 6.69. The second kappa shape index (κ2) is 6.70. The molecule has 0 saturated carbocycles. The highest BCUT2D eigenvalue weighted by Gasteiger charge is 2.28. The molecule has 114 valence electrons. The van der Waals surface area contributed by atoms with Crippen LogP contribution in [0.2, 0.25) is 0 Å². The van der Waals surface area contributed by atoms with Crippen LogP contribution in [0.5, 0.6) is 0 Å². The summed E-state index contributed by atoms with van der Waals surface area (Å²) in [5.41, 5.74) is 1.58. The molecule has 0 radical (unpaired) electrons. The SMILES string of the molecule is CC(C)N(Cc1ccccc1)S(=O)(=O)c1cc(CO)cs1. The van der Waals surface area contributed by atoms with Crippen LogP contribution in [0.4, 0.5) is 0 Å². The molecule has 0 unspecified atom stereocenters. The Morgan fingerprint density at radius 3 is 2.38 bits per heavy atom. The van der Waals surface area contributed by atoms with Crippen molar-refractivity contribution in [3.05, 3.63) is 52.9 Å². The fourth-order valence-corrected chi connectivity index (χ4v) is 4.95. The highest BCUT2D eigenvalue weighted by Crippen LogP contribution is 2.26. The van der Waals surface area contributed by atoms with Crippen LogP contribution in [0, 0.1) is 0 Å². The van der Waals surface area contributed by atoms with Gasteiger partial charge in [0.25, 0.3) is 10.0 Å². The lowest BCUT2D eigenvalue weighted by Gasteiger charge is -2.25. The molecular formula is C15H19NO3S2. The van der Waals surface area contributed by atoms with E-state index < -0.39 is 10.0 Å². The van der Waals surface area contributed by atoms with Crippen LogP contribution in [0.15, 0.2) is 46.0 Å². The molecule has 0 aliphatic rings. The lowest BCUT2D eigenvalue weighted by molar-refractivity contribution is 0.282. The third-order valence-electron chi connectivity index (χ3n) is 3.13. The zero-order valence-corrected chi connectivity index (χ0v) is 13.7. The molecule has 0 bridgehead atoms. The zero-order valence-electron chi connectivity index (χ0n) is 12.1. The molecule has 1 aromatic carbocycles. The minimum Gasteiger partial charge on any atom is -0.392 e. The van der Waals surface area contributed by atoms with Gasteiger partial charge in [0.15, 0.2) is 0 Å². The topological polar surface area (TPSA) is 57.6 Å². The van der Waals surface area contributed by atoms with Gasteiger partial charge in [-0.05, 0) is 36.4 Å². The van der Waals surface area contributed by atoms with Gasteiger partial charge in [-0.15, -0.1) is 11.3 Å². The number of benzene rings is 1. The minimum absolute atomic E-state index is 0.144. The van der Waals surface area contributed by atoms with E-state index in [1.165, 1.54) is 4.31 Å². The van der Waals surface area contributed by atoms with Crippen molar-refractivity contribution in [3.8, 4) is 0 Å². The van der Waals surface area contributed by atoms with Crippen molar-refractivity contribution < 1.29 is 13.5 Å². The highest BCUT2D eigenvalue weighted by atomic mass is 32.2. The van der Waals surface area contributed by atoms with Crippen LogP contribution in [0.3, 0.4) is 0 Å². The number of hydrogen-bond donors (Lipinski definition) is 1. The molecule has 0 amide bonds. The van der Waals surface area contributed by atoms with E-state index in [0.29, 0.717) is 12.1 Å². The van der Waals surface area contributed by atoms with Gasteiger partial charge in [0, 0.05) is 12.6 Å². The molecule has 2 rings (SSSR count). The Balaban J connectivity index is 2.32. The fraction of sp³-hybridized carbons (Fsp3) is 0.333. The summed E-state index contributed by atoms with van der Waals surface area (Å²) in [5, 5.41) is 10.8. The Hall–Kier alpha value is -1.21. The van der Waals surface area contributed by atoms with Gasteiger partial charge in [-0.1, -0.05) is 30.3 Å².